The Balaban J connectivity index is 1.66. The molecule has 6 heteroatoms. The fraction of sp³-hybridized carbons (Fsp3) is 0.550. The molecule has 3 rings (SSSR count). The molecule has 0 bridgehead atoms. The normalized spacial score (nSPS) is 15.5. The van der Waals surface area contributed by atoms with Gasteiger partial charge in [0.15, 0.2) is 0 Å². The average molecular weight is 356 g/mol. The van der Waals surface area contributed by atoms with E-state index in [2.05, 4.69) is 29.5 Å². The van der Waals surface area contributed by atoms with Gasteiger partial charge in [0.25, 0.3) is 0 Å². The second-order valence-electron chi connectivity index (χ2n) is 7.21. The van der Waals surface area contributed by atoms with Crippen LogP contribution in [0.1, 0.15) is 45.2 Å². The summed E-state index contributed by atoms with van der Waals surface area (Å²) in [5, 5.41) is 0. The van der Waals surface area contributed by atoms with Gasteiger partial charge in [0, 0.05) is 38.6 Å². The molecule has 26 heavy (non-hydrogen) atoms. The minimum atomic E-state index is 0.124. The molecule has 6 nitrogen and oxygen atoms in total. The SMILES string of the molecule is CCC(=O)N1CCCN(C(=O)Cc2ccc3c(c2)ncn3C(C)C)CC1. The van der Waals surface area contributed by atoms with Crippen molar-refractivity contribution in [3.8, 4) is 0 Å². The van der Waals surface area contributed by atoms with E-state index in [1.165, 1.54) is 0 Å². The molecule has 2 heterocycles. The van der Waals surface area contributed by atoms with Crippen LogP contribution in [-0.2, 0) is 16.0 Å². The van der Waals surface area contributed by atoms with Gasteiger partial charge in [-0.2, -0.15) is 0 Å². The highest BCUT2D eigenvalue weighted by Crippen LogP contribution is 2.19. The van der Waals surface area contributed by atoms with Crippen LogP contribution in [0.25, 0.3) is 11.0 Å². The maximum atomic E-state index is 12.7. The van der Waals surface area contributed by atoms with Crippen LogP contribution in [0.5, 0.6) is 0 Å². The fourth-order valence-electron chi connectivity index (χ4n) is 3.53. The lowest BCUT2D eigenvalue weighted by Gasteiger charge is -2.22. The van der Waals surface area contributed by atoms with E-state index >= 15 is 0 Å². The third-order valence-corrected chi connectivity index (χ3v) is 5.05. The largest absolute Gasteiger partial charge is 0.341 e. The first-order valence-electron chi connectivity index (χ1n) is 9.50. The van der Waals surface area contributed by atoms with Gasteiger partial charge < -0.3 is 14.4 Å². The average Bonchev–Trinajstić information content (AvgIpc) is 2.89. The van der Waals surface area contributed by atoms with Gasteiger partial charge in [0.1, 0.15) is 0 Å². The molecule has 0 aliphatic carbocycles. The first kappa shape index (κ1) is 18.4. The Bertz CT molecular complexity index is 796. The van der Waals surface area contributed by atoms with Crippen molar-refractivity contribution in [3.05, 3.63) is 30.1 Å². The summed E-state index contributed by atoms with van der Waals surface area (Å²) in [6.45, 7) is 8.86. The van der Waals surface area contributed by atoms with Gasteiger partial charge >= 0.3 is 0 Å². The standard InChI is InChI=1S/C20H28N4O2/c1-4-19(25)22-8-5-9-23(11-10-22)20(26)13-16-6-7-18-17(12-16)21-14-24(18)15(2)3/h6-7,12,14-15H,4-5,8-11,13H2,1-3H3. The summed E-state index contributed by atoms with van der Waals surface area (Å²) >= 11 is 0. The van der Waals surface area contributed by atoms with Crippen molar-refractivity contribution in [2.45, 2.75) is 46.1 Å². The van der Waals surface area contributed by atoms with E-state index in [-0.39, 0.29) is 11.8 Å². The van der Waals surface area contributed by atoms with Crippen LogP contribution in [0.3, 0.4) is 0 Å². The number of carbonyl (C=O) groups excluding carboxylic acids is 2. The Labute approximate surface area is 154 Å². The predicted molar refractivity (Wildman–Crippen MR) is 102 cm³/mol. The molecule has 0 N–H and O–H groups in total. The van der Waals surface area contributed by atoms with Gasteiger partial charge in [-0.15, -0.1) is 0 Å². The summed E-state index contributed by atoms with van der Waals surface area (Å²) in [5.41, 5.74) is 3.02. The molecular formula is C20H28N4O2. The van der Waals surface area contributed by atoms with Crippen LogP contribution in [0.4, 0.5) is 0 Å². The van der Waals surface area contributed by atoms with Crippen LogP contribution in [0, 0.1) is 0 Å². The van der Waals surface area contributed by atoms with Gasteiger partial charge in [-0.1, -0.05) is 13.0 Å². The van der Waals surface area contributed by atoms with E-state index < -0.39 is 0 Å². The monoisotopic (exact) mass is 356 g/mol. The molecule has 0 saturated carbocycles. The molecule has 0 spiro atoms. The summed E-state index contributed by atoms with van der Waals surface area (Å²) in [5.74, 6) is 0.295. The zero-order chi connectivity index (χ0) is 18.7. The van der Waals surface area contributed by atoms with Crippen molar-refractivity contribution in [3.63, 3.8) is 0 Å². The molecule has 1 aliphatic rings. The Morgan fingerprint density at radius 2 is 1.77 bits per heavy atom. The molecule has 2 aromatic rings. The van der Waals surface area contributed by atoms with Crippen LogP contribution in [-0.4, -0.2) is 57.3 Å². The van der Waals surface area contributed by atoms with Crippen molar-refractivity contribution in [1.82, 2.24) is 19.4 Å². The van der Waals surface area contributed by atoms with Gasteiger partial charge in [-0.05, 0) is 38.0 Å². The Hall–Kier alpha value is -2.37. The van der Waals surface area contributed by atoms with Crippen LogP contribution >= 0.6 is 0 Å². The van der Waals surface area contributed by atoms with Crippen LogP contribution < -0.4 is 0 Å². The summed E-state index contributed by atoms with van der Waals surface area (Å²) in [4.78, 5) is 32.8. The lowest BCUT2D eigenvalue weighted by molar-refractivity contribution is -0.133. The minimum Gasteiger partial charge on any atom is -0.341 e. The van der Waals surface area contributed by atoms with Gasteiger partial charge in [-0.25, -0.2) is 4.98 Å². The maximum absolute atomic E-state index is 12.7. The van der Waals surface area contributed by atoms with Crippen molar-refractivity contribution in [2.24, 2.45) is 0 Å². The zero-order valence-corrected chi connectivity index (χ0v) is 15.9. The number of carbonyl (C=O) groups is 2. The van der Waals surface area contributed by atoms with Crippen LogP contribution in [0.2, 0.25) is 0 Å². The van der Waals surface area contributed by atoms with Gasteiger partial charge in [-0.3, -0.25) is 9.59 Å². The van der Waals surface area contributed by atoms with Gasteiger partial charge in [0.2, 0.25) is 11.8 Å². The molecule has 1 fully saturated rings. The number of hydrogen-bond acceptors (Lipinski definition) is 3. The first-order chi connectivity index (χ1) is 12.5. The molecule has 1 aromatic heterocycles. The lowest BCUT2D eigenvalue weighted by atomic mass is 10.1. The maximum Gasteiger partial charge on any atom is 0.227 e. The van der Waals surface area contributed by atoms with Crippen molar-refractivity contribution in [1.29, 1.82) is 0 Å². The molecule has 0 unspecified atom stereocenters. The highest BCUT2D eigenvalue weighted by atomic mass is 16.2. The fourth-order valence-corrected chi connectivity index (χ4v) is 3.53. The number of fused-ring (bicyclic) bond motifs is 1. The third-order valence-electron chi connectivity index (χ3n) is 5.05. The van der Waals surface area contributed by atoms with E-state index in [1.54, 1.807) is 0 Å². The Kier molecular flexibility index (Phi) is 5.59. The van der Waals surface area contributed by atoms with Crippen LogP contribution in [0.15, 0.2) is 24.5 Å². The Morgan fingerprint density at radius 1 is 1.08 bits per heavy atom. The van der Waals surface area contributed by atoms with E-state index in [1.807, 2.05) is 35.2 Å². The predicted octanol–water partition coefficient (Wildman–Crippen LogP) is 2.63. The molecule has 2 amide bonds. The van der Waals surface area contributed by atoms with Crippen molar-refractivity contribution in [2.75, 3.05) is 26.2 Å². The highest BCUT2D eigenvalue weighted by Gasteiger charge is 2.21. The smallest absolute Gasteiger partial charge is 0.227 e. The number of aromatic nitrogens is 2. The third kappa shape index (κ3) is 3.89. The molecule has 1 aliphatic heterocycles. The zero-order valence-electron chi connectivity index (χ0n) is 15.9. The molecule has 1 aromatic carbocycles. The topological polar surface area (TPSA) is 58.4 Å². The molecule has 0 atom stereocenters. The summed E-state index contributed by atoms with van der Waals surface area (Å²) in [6, 6.07) is 6.44. The number of rotatable bonds is 4. The molecule has 1 saturated heterocycles. The molecule has 0 radical (unpaired) electrons. The van der Waals surface area contributed by atoms with Crippen molar-refractivity contribution < 1.29 is 9.59 Å². The number of amides is 2. The second-order valence-corrected chi connectivity index (χ2v) is 7.21. The Morgan fingerprint density at radius 3 is 2.42 bits per heavy atom. The first-order valence-corrected chi connectivity index (χ1v) is 9.50. The van der Waals surface area contributed by atoms with Gasteiger partial charge in [0.05, 0.1) is 23.8 Å². The second kappa shape index (κ2) is 7.89. The summed E-state index contributed by atoms with van der Waals surface area (Å²) in [7, 11) is 0. The van der Waals surface area contributed by atoms with E-state index in [0.29, 0.717) is 32.0 Å². The van der Waals surface area contributed by atoms with E-state index in [4.69, 9.17) is 0 Å². The molecule has 140 valence electrons. The minimum absolute atomic E-state index is 0.124. The van der Waals surface area contributed by atoms with E-state index in [9.17, 15) is 9.59 Å². The van der Waals surface area contributed by atoms with Crippen molar-refractivity contribution >= 4 is 22.8 Å². The lowest BCUT2D eigenvalue weighted by Crippen LogP contribution is -2.37. The summed E-state index contributed by atoms with van der Waals surface area (Å²) in [6.07, 6.45) is 3.60. The molecular weight excluding hydrogens is 328 g/mol. The number of benzene rings is 1. The van der Waals surface area contributed by atoms with E-state index in [0.717, 1.165) is 36.1 Å². The number of nitrogens with zero attached hydrogens (tertiary/aromatic N) is 4. The number of hydrogen-bond donors (Lipinski definition) is 0. The number of imidazole rings is 1. The summed E-state index contributed by atoms with van der Waals surface area (Å²) < 4.78 is 2.13. The highest BCUT2D eigenvalue weighted by molar-refractivity contribution is 5.82. The quantitative estimate of drug-likeness (QED) is 0.846.